The summed E-state index contributed by atoms with van der Waals surface area (Å²) in [6.07, 6.45) is 0.475. The smallest absolute Gasteiger partial charge is 0.326 e. The van der Waals surface area contributed by atoms with Crippen molar-refractivity contribution in [1.82, 2.24) is 15.1 Å². The minimum Gasteiger partial charge on any atom is -0.496 e. The van der Waals surface area contributed by atoms with Gasteiger partial charge in [-0.1, -0.05) is 48.4 Å². The molecule has 0 bridgehead atoms. The van der Waals surface area contributed by atoms with Gasteiger partial charge in [-0.05, 0) is 44.2 Å². The lowest BCUT2D eigenvalue weighted by Crippen LogP contribution is -2.44. The van der Waals surface area contributed by atoms with Gasteiger partial charge in [0.05, 0.1) is 13.8 Å². The number of hydrogen-bond acceptors (Lipinski definition) is 4. The number of hydrogen-bond donors (Lipinski definition) is 1. The summed E-state index contributed by atoms with van der Waals surface area (Å²) in [5.41, 5.74) is 1.75. The number of urea groups is 1. The normalized spacial score (nSPS) is 19.0. The third-order valence-electron chi connectivity index (χ3n) is 5.32. The molecule has 3 rings (SSSR count). The molecule has 0 saturated carbocycles. The highest BCUT2D eigenvalue weighted by atomic mass is 35.5. The molecule has 3 amide bonds. The van der Waals surface area contributed by atoms with E-state index in [0.29, 0.717) is 23.7 Å². The number of methoxy groups -OCH3 is 1. The summed E-state index contributed by atoms with van der Waals surface area (Å²) < 4.78 is 5.39. The van der Waals surface area contributed by atoms with Crippen LogP contribution in [0.15, 0.2) is 42.5 Å². The van der Waals surface area contributed by atoms with Gasteiger partial charge in [0.1, 0.15) is 11.3 Å². The maximum Gasteiger partial charge on any atom is 0.326 e. The number of halogens is 1. The summed E-state index contributed by atoms with van der Waals surface area (Å²) in [7, 11) is 3.44. The van der Waals surface area contributed by atoms with Crippen molar-refractivity contribution in [1.29, 1.82) is 0 Å². The third-order valence-corrected chi connectivity index (χ3v) is 5.55. The number of amides is 3. The summed E-state index contributed by atoms with van der Waals surface area (Å²) in [4.78, 5) is 29.1. The average Bonchev–Trinajstić information content (AvgIpc) is 2.94. The lowest BCUT2D eigenvalue weighted by Gasteiger charge is -2.27. The van der Waals surface area contributed by atoms with Crippen molar-refractivity contribution in [2.24, 2.45) is 0 Å². The van der Waals surface area contributed by atoms with Crippen LogP contribution in [0.2, 0.25) is 5.02 Å². The average molecular weight is 416 g/mol. The van der Waals surface area contributed by atoms with Crippen LogP contribution in [0.4, 0.5) is 4.79 Å². The van der Waals surface area contributed by atoms with Crippen molar-refractivity contribution >= 4 is 23.5 Å². The Morgan fingerprint density at radius 1 is 1.17 bits per heavy atom. The Labute approximate surface area is 176 Å². The SMILES string of the molecule is CC[C@]1(c2ccc(C)cc2)NC(=O)N(CN(C)Cc2cc(Cl)ccc2OC)C1=O. The van der Waals surface area contributed by atoms with Crippen LogP contribution in [-0.4, -0.2) is 42.6 Å². The van der Waals surface area contributed by atoms with Gasteiger partial charge in [-0.25, -0.2) is 9.69 Å². The summed E-state index contributed by atoms with van der Waals surface area (Å²) >= 11 is 6.11. The van der Waals surface area contributed by atoms with Gasteiger partial charge in [-0.3, -0.25) is 9.69 Å². The third kappa shape index (κ3) is 4.09. The summed E-state index contributed by atoms with van der Waals surface area (Å²) in [6, 6.07) is 12.7. The van der Waals surface area contributed by atoms with Gasteiger partial charge in [0, 0.05) is 17.1 Å². The minimum atomic E-state index is -1.03. The molecule has 6 nitrogen and oxygen atoms in total. The van der Waals surface area contributed by atoms with Gasteiger partial charge >= 0.3 is 6.03 Å². The monoisotopic (exact) mass is 415 g/mol. The number of nitrogens with zero attached hydrogens (tertiary/aromatic N) is 2. The van der Waals surface area contributed by atoms with Crippen LogP contribution in [0, 0.1) is 6.92 Å². The van der Waals surface area contributed by atoms with Crippen molar-refractivity contribution in [3.05, 3.63) is 64.2 Å². The van der Waals surface area contributed by atoms with Gasteiger partial charge in [0.15, 0.2) is 0 Å². The molecule has 0 unspecified atom stereocenters. The summed E-state index contributed by atoms with van der Waals surface area (Å²) in [6.45, 7) is 4.53. The minimum absolute atomic E-state index is 0.161. The van der Waals surface area contributed by atoms with Gasteiger partial charge < -0.3 is 10.1 Å². The molecule has 29 heavy (non-hydrogen) atoms. The van der Waals surface area contributed by atoms with Crippen LogP contribution >= 0.6 is 11.6 Å². The Balaban J connectivity index is 1.79. The van der Waals surface area contributed by atoms with E-state index in [4.69, 9.17) is 16.3 Å². The molecule has 2 aromatic rings. The van der Waals surface area contributed by atoms with E-state index in [1.807, 2.05) is 56.1 Å². The highest BCUT2D eigenvalue weighted by Gasteiger charge is 2.51. The second kappa shape index (κ2) is 8.43. The molecule has 1 saturated heterocycles. The Morgan fingerprint density at radius 2 is 1.86 bits per heavy atom. The Hall–Kier alpha value is -2.57. The number of nitrogens with one attached hydrogen (secondary N) is 1. The number of rotatable bonds is 7. The van der Waals surface area contributed by atoms with E-state index < -0.39 is 5.54 Å². The second-order valence-corrected chi connectivity index (χ2v) is 7.84. The maximum absolute atomic E-state index is 13.3. The number of carbonyl (C=O) groups is 2. The number of aryl methyl sites for hydroxylation is 1. The molecule has 1 heterocycles. The van der Waals surface area contributed by atoms with E-state index in [1.54, 1.807) is 19.2 Å². The molecule has 1 aliphatic rings. The molecule has 0 aromatic heterocycles. The van der Waals surface area contributed by atoms with Crippen LogP contribution in [-0.2, 0) is 16.9 Å². The second-order valence-electron chi connectivity index (χ2n) is 7.40. The molecular weight excluding hydrogens is 390 g/mol. The quantitative estimate of drug-likeness (QED) is 0.696. The zero-order valence-corrected chi connectivity index (χ0v) is 17.9. The molecule has 0 spiro atoms. The van der Waals surface area contributed by atoms with E-state index in [1.165, 1.54) is 4.90 Å². The first-order chi connectivity index (χ1) is 13.8. The predicted octanol–water partition coefficient (Wildman–Crippen LogP) is 3.90. The lowest BCUT2D eigenvalue weighted by molar-refractivity contribution is -0.133. The number of benzene rings is 2. The zero-order valence-electron chi connectivity index (χ0n) is 17.2. The van der Waals surface area contributed by atoms with Crippen LogP contribution in [0.5, 0.6) is 5.75 Å². The van der Waals surface area contributed by atoms with Crippen molar-refractivity contribution in [3.63, 3.8) is 0 Å². The highest BCUT2D eigenvalue weighted by molar-refractivity contribution is 6.30. The van der Waals surface area contributed by atoms with E-state index >= 15 is 0 Å². The van der Waals surface area contributed by atoms with E-state index in [9.17, 15) is 9.59 Å². The fraction of sp³-hybridized carbons (Fsp3) is 0.364. The number of imide groups is 1. The fourth-order valence-electron chi connectivity index (χ4n) is 3.68. The predicted molar refractivity (Wildman–Crippen MR) is 113 cm³/mol. The molecule has 1 fully saturated rings. The van der Waals surface area contributed by atoms with Crippen LogP contribution in [0.3, 0.4) is 0 Å². The number of ether oxygens (including phenoxy) is 1. The van der Waals surface area contributed by atoms with Gasteiger partial charge in [-0.15, -0.1) is 0 Å². The maximum atomic E-state index is 13.3. The largest absolute Gasteiger partial charge is 0.496 e. The molecule has 0 aliphatic carbocycles. The standard InChI is InChI=1S/C22H26ClN3O3/c1-5-22(17-8-6-15(2)7-9-17)20(27)26(21(28)24-22)14-25(3)13-16-12-18(23)10-11-19(16)29-4/h6-12H,5,13-14H2,1-4H3,(H,24,28)/t22-/m1/s1. The first kappa shape index (κ1) is 21.1. The van der Waals surface area contributed by atoms with Gasteiger partial charge in [0.25, 0.3) is 5.91 Å². The Kier molecular flexibility index (Phi) is 6.15. The molecule has 154 valence electrons. The van der Waals surface area contributed by atoms with Crippen LogP contribution in [0.1, 0.15) is 30.0 Å². The molecule has 1 aliphatic heterocycles. The van der Waals surface area contributed by atoms with Crippen molar-refractivity contribution in [3.8, 4) is 5.75 Å². The summed E-state index contributed by atoms with van der Waals surface area (Å²) in [5, 5.41) is 3.52. The number of carbonyl (C=O) groups excluding carboxylic acids is 2. The highest BCUT2D eigenvalue weighted by Crippen LogP contribution is 2.33. The molecule has 1 N–H and O–H groups in total. The first-order valence-corrected chi connectivity index (χ1v) is 9.90. The fourth-order valence-corrected chi connectivity index (χ4v) is 3.88. The molecule has 7 heteroatoms. The Bertz CT molecular complexity index is 916. The van der Waals surface area contributed by atoms with Crippen LogP contribution in [0.25, 0.3) is 0 Å². The molecule has 1 atom stereocenters. The van der Waals surface area contributed by atoms with Crippen molar-refractivity contribution in [2.45, 2.75) is 32.4 Å². The lowest BCUT2D eigenvalue weighted by atomic mass is 9.87. The van der Waals surface area contributed by atoms with Crippen LogP contribution < -0.4 is 10.1 Å². The molecule has 2 aromatic carbocycles. The van der Waals surface area contributed by atoms with Crippen molar-refractivity contribution < 1.29 is 14.3 Å². The van der Waals surface area contributed by atoms with Gasteiger partial charge in [-0.2, -0.15) is 0 Å². The molecular formula is C22H26ClN3O3. The summed E-state index contributed by atoms with van der Waals surface area (Å²) in [5.74, 6) is 0.472. The van der Waals surface area contributed by atoms with E-state index in [0.717, 1.165) is 16.7 Å². The molecule has 0 radical (unpaired) electrons. The first-order valence-electron chi connectivity index (χ1n) is 9.53. The van der Waals surface area contributed by atoms with Crippen molar-refractivity contribution in [2.75, 3.05) is 20.8 Å². The topological polar surface area (TPSA) is 61.9 Å². The Morgan fingerprint density at radius 3 is 2.48 bits per heavy atom. The van der Waals surface area contributed by atoms with Gasteiger partial charge in [0.2, 0.25) is 0 Å². The zero-order chi connectivity index (χ0) is 21.2. The van der Waals surface area contributed by atoms with E-state index in [-0.39, 0.29) is 18.6 Å². The van der Waals surface area contributed by atoms with E-state index in [2.05, 4.69) is 5.32 Å².